The molecule has 2 N–H and O–H groups in total. The second-order valence-electron chi connectivity index (χ2n) is 7.81. The van der Waals surface area contributed by atoms with E-state index >= 15 is 0 Å². The molecule has 3 rings (SSSR count). The lowest BCUT2D eigenvalue weighted by atomic mass is 9.95. The molecule has 0 spiro atoms. The average molecular weight is 494 g/mol. The van der Waals surface area contributed by atoms with Crippen molar-refractivity contribution >= 4 is 38.7 Å². The molecule has 0 saturated carbocycles. The number of hydrogen-bond donors (Lipinski definition) is 1. The Hall–Kier alpha value is -2.92. The predicted octanol–water partition coefficient (Wildman–Crippen LogP) is 3.11. The minimum Gasteiger partial charge on any atom is -0.422 e. The van der Waals surface area contributed by atoms with Gasteiger partial charge in [-0.05, 0) is 36.2 Å². The van der Waals surface area contributed by atoms with Gasteiger partial charge in [0.1, 0.15) is 5.58 Å². The van der Waals surface area contributed by atoms with Gasteiger partial charge in [-0.15, -0.1) is 0 Å². The fourth-order valence-corrected chi connectivity index (χ4v) is 4.39. The molecule has 3 aromatic rings. The molecule has 0 radical (unpaired) electrons. The normalized spacial score (nSPS) is 12.7. The first kappa shape index (κ1) is 24.7. The van der Waals surface area contributed by atoms with Crippen molar-refractivity contribution in [1.82, 2.24) is 9.21 Å². The molecule has 176 valence electrons. The summed E-state index contributed by atoms with van der Waals surface area (Å²) in [5.74, 6) is 0.0454. The highest BCUT2D eigenvalue weighted by molar-refractivity contribution is 7.89. The van der Waals surface area contributed by atoms with Crippen molar-refractivity contribution in [1.29, 1.82) is 0 Å². The molecule has 1 unspecified atom stereocenters. The van der Waals surface area contributed by atoms with E-state index in [4.69, 9.17) is 26.5 Å². The highest BCUT2D eigenvalue weighted by atomic mass is 35.5. The molecule has 0 aliphatic rings. The lowest BCUT2D eigenvalue weighted by Crippen LogP contribution is -2.25. The van der Waals surface area contributed by atoms with Gasteiger partial charge in [0, 0.05) is 39.6 Å². The first-order valence-electron chi connectivity index (χ1n) is 9.78. The number of nitrogens with zero attached hydrogens (tertiary/aromatic N) is 2. The lowest BCUT2D eigenvalue weighted by Gasteiger charge is -2.18. The molecule has 0 bridgehead atoms. The summed E-state index contributed by atoms with van der Waals surface area (Å²) >= 11 is 6.30. The zero-order valence-electron chi connectivity index (χ0n) is 18.7. The molecule has 1 aromatic heterocycles. The summed E-state index contributed by atoms with van der Waals surface area (Å²) in [6, 6.07) is 8.03. The third-order valence-corrected chi connectivity index (χ3v) is 7.24. The predicted molar refractivity (Wildman–Crippen MR) is 125 cm³/mol. The molecule has 1 atom stereocenters. The van der Waals surface area contributed by atoms with Crippen molar-refractivity contribution in [2.45, 2.75) is 17.9 Å². The second kappa shape index (κ2) is 9.14. The van der Waals surface area contributed by atoms with Crippen LogP contribution < -0.4 is 16.1 Å². The van der Waals surface area contributed by atoms with Gasteiger partial charge in [-0.2, -0.15) is 0 Å². The Kier molecular flexibility index (Phi) is 6.85. The molecular formula is C22H24ClN3O6S. The Bertz CT molecular complexity index is 1400. The molecule has 0 saturated heterocycles. The number of rotatable bonds is 5. The third kappa shape index (κ3) is 4.74. The number of carbonyl (C=O) groups is 1. The zero-order chi connectivity index (χ0) is 24.7. The Morgan fingerprint density at radius 1 is 1.15 bits per heavy atom. The van der Waals surface area contributed by atoms with Crippen molar-refractivity contribution in [3.63, 3.8) is 0 Å². The quantitative estimate of drug-likeness (QED) is 0.541. The number of sulfonamides is 1. The van der Waals surface area contributed by atoms with Crippen molar-refractivity contribution in [3.8, 4) is 5.75 Å². The van der Waals surface area contributed by atoms with Gasteiger partial charge in [0.2, 0.25) is 10.0 Å². The Morgan fingerprint density at radius 3 is 2.42 bits per heavy atom. The van der Waals surface area contributed by atoms with E-state index in [2.05, 4.69) is 0 Å². The second-order valence-corrected chi connectivity index (χ2v) is 10.4. The molecule has 11 heteroatoms. The molecular weight excluding hydrogens is 470 g/mol. The van der Waals surface area contributed by atoms with Crippen LogP contribution in [0.5, 0.6) is 5.75 Å². The van der Waals surface area contributed by atoms with Crippen LogP contribution >= 0.6 is 11.6 Å². The summed E-state index contributed by atoms with van der Waals surface area (Å²) < 4.78 is 36.8. The monoisotopic (exact) mass is 493 g/mol. The highest BCUT2D eigenvalue weighted by Gasteiger charge is 2.24. The number of benzene rings is 2. The molecule has 0 aliphatic heterocycles. The van der Waals surface area contributed by atoms with Gasteiger partial charge < -0.3 is 19.8 Å². The van der Waals surface area contributed by atoms with Crippen molar-refractivity contribution in [2.24, 2.45) is 5.73 Å². The Morgan fingerprint density at radius 2 is 1.82 bits per heavy atom. The number of fused-ring (bicyclic) bond motifs is 1. The van der Waals surface area contributed by atoms with Crippen LogP contribution in [-0.2, 0) is 10.0 Å². The molecule has 33 heavy (non-hydrogen) atoms. The number of carbonyl (C=O) groups excluding carboxylic acids is 1. The molecule has 9 nitrogen and oxygen atoms in total. The Balaban J connectivity index is 2.11. The van der Waals surface area contributed by atoms with Gasteiger partial charge in [-0.25, -0.2) is 22.3 Å². The van der Waals surface area contributed by atoms with Gasteiger partial charge >= 0.3 is 11.7 Å². The third-order valence-electron chi connectivity index (χ3n) is 5.13. The average Bonchev–Trinajstić information content (AvgIpc) is 2.74. The molecule has 0 fully saturated rings. The first-order valence-corrected chi connectivity index (χ1v) is 11.6. The maximum atomic E-state index is 12.9. The smallest absolute Gasteiger partial charge is 0.414 e. The summed E-state index contributed by atoms with van der Waals surface area (Å²) in [5, 5.41) is 0.653. The van der Waals surface area contributed by atoms with Crippen LogP contribution in [0, 0.1) is 6.92 Å². The number of aryl methyl sites for hydroxylation is 1. The van der Waals surface area contributed by atoms with E-state index < -0.39 is 27.8 Å². The minimum atomic E-state index is -3.68. The van der Waals surface area contributed by atoms with Crippen molar-refractivity contribution in [2.75, 3.05) is 28.2 Å². The summed E-state index contributed by atoms with van der Waals surface area (Å²) in [6.45, 7) is 1.69. The van der Waals surface area contributed by atoms with E-state index in [0.29, 0.717) is 16.5 Å². The van der Waals surface area contributed by atoms with E-state index in [9.17, 15) is 18.0 Å². The highest BCUT2D eigenvalue weighted by Crippen LogP contribution is 2.34. The maximum Gasteiger partial charge on any atom is 0.414 e. The number of ether oxygens (including phenoxy) is 1. The van der Waals surface area contributed by atoms with Gasteiger partial charge in [0.15, 0.2) is 5.75 Å². The number of amides is 1. The molecule has 0 aliphatic carbocycles. The van der Waals surface area contributed by atoms with Crippen LogP contribution in [0.25, 0.3) is 11.0 Å². The van der Waals surface area contributed by atoms with Crippen LogP contribution in [-0.4, -0.2) is 51.9 Å². The zero-order valence-corrected chi connectivity index (χ0v) is 20.3. The van der Waals surface area contributed by atoms with Gasteiger partial charge in [0.25, 0.3) is 0 Å². The first-order chi connectivity index (χ1) is 15.3. The topological polar surface area (TPSA) is 123 Å². The van der Waals surface area contributed by atoms with E-state index in [1.165, 1.54) is 57.4 Å². The lowest BCUT2D eigenvalue weighted by molar-refractivity contribution is 0.172. The van der Waals surface area contributed by atoms with Crippen LogP contribution in [0.1, 0.15) is 22.7 Å². The molecule has 1 heterocycles. The van der Waals surface area contributed by atoms with Crippen molar-refractivity contribution in [3.05, 3.63) is 68.5 Å². The van der Waals surface area contributed by atoms with E-state index in [-0.39, 0.29) is 26.8 Å². The number of nitrogens with two attached hydrogens (primary N) is 1. The standard InChI is InChI=1S/C22H24ClN3O6S/c1-12-15-10-16(23)18(32-22(28)25(2)3)11-17(15)31-21(27)19(12)20(24)13-7-6-8-14(9-13)33(29,30)26(4)5/h6-11,20H,24H2,1-5H3. The van der Waals surface area contributed by atoms with Gasteiger partial charge in [-0.1, -0.05) is 23.7 Å². The van der Waals surface area contributed by atoms with E-state index in [0.717, 1.165) is 4.31 Å². The number of hydrogen-bond acceptors (Lipinski definition) is 7. The largest absolute Gasteiger partial charge is 0.422 e. The minimum absolute atomic E-state index is 0.0454. The van der Waals surface area contributed by atoms with Crippen LogP contribution in [0.2, 0.25) is 5.02 Å². The van der Waals surface area contributed by atoms with Crippen LogP contribution in [0.3, 0.4) is 0 Å². The fraction of sp³-hybridized carbons (Fsp3) is 0.273. The Labute approximate surface area is 196 Å². The van der Waals surface area contributed by atoms with Crippen LogP contribution in [0.15, 0.2) is 50.5 Å². The summed E-state index contributed by atoms with van der Waals surface area (Å²) in [4.78, 5) is 26.0. The maximum absolute atomic E-state index is 12.9. The van der Waals surface area contributed by atoms with Gasteiger partial charge in [0.05, 0.1) is 21.5 Å². The van der Waals surface area contributed by atoms with E-state index in [1.54, 1.807) is 19.1 Å². The van der Waals surface area contributed by atoms with Gasteiger partial charge in [-0.3, -0.25) is 0 Å². The summed E-state index contributed by atoms with van der Waals surface area (Å²) in [7, 11) is 2.22. The van der Waals surface area contributed by atoms with Crippen LogP contribution in [0.4, 0.5) is 4.79 Å². The fourth-order valence-electron chi connectivity index (χ4n) is 3.23. The summed E-state index contributed by atoms with van der Waals surface area (Å²) in [5.41, 5.74) is 6.97. The molecule has 2 aromatic carbocycles. The summed E-state index contributed by atoms with van der Waals surface area (Å²) in [6.07, 6.45) is -0.637. The van der Waals surface area contributed by atoms with Crippen molar-refractivity contribution < 1.29 is 22.4 Å². The number of halogens is 1. The SMILES string of the molecule is Cc1c(C(N)c2cccc(S(=O)(=O)N(C)C)c2)c(=O)oc2cc(OC(=O)N(C)C)c(Cl)cc12. The van der Waals surface area contributed by atoms with E-state index in [1.807, 2.05) is 0 Å². The molecule has 1 amide bonds.